The van der Waals surface area contributed by atoms with Crippen LogP contribution in [0.15, 0.2) is 22.6 Å². The highest BCUT2D eigenvalue weighted by atomic mass is 16.5. The van der Waals surface area contributed by atoms with Crippen LogP contribution in [-0.4, -0.2) is 31.6 Å². The van der Waals surface area contributed by atoms with E-state index in [9.17, 15) is 14.4 Å². The number of benzene rings is 1. The predicted molar refractivity (Wildman–Crippen MR) is 106 cm³/mol. The molecule has 0 saturated carbocycles. The molecule has 0 bridgehead atoms. The molecule has 0 saturated heterocycles. The number of esters is 2. The Morgan fingerprint density at radius 1 is 1.21 bits per heavy atom. The lowest BCUT2D eigenvalue weighted by Gasteiger charge is -2.10. The molecule has 7 nitrogen and oxygen atoms in total. The molecule has 1 aromatic heterocycles. The second kappa shape index (κ2) is 7.58. The van der Waals surface area contributed by atoms with Crippen molar-refractivity contribution >= 4 is 35.2 Å². The number of furan rings is 1. The fourth-order valence-electron chi connectivity index (χ4n) is 3.82. The first-order valence-corrected chi connectivity index (χ1v) is 9.61. The van der Waals surface area contributed by atoms with E-state index < -0.39 is 11.9 Å². The highest BCUT2D eigenvalue weighted by molar-refractivity contribution is 6.35. The number of rotatable bonds is 4. The summed E-state index contributed by atoms with van der Waals surface area (Å²) in [6, 6.07) is 4.83. The minimum atomic E-state index is -0.493. The van der Waals surface area contributed by atoms with Crippen molar-refractivity contribution in [2.24, 2.45) is 0 Å². The lowest BCUT2D eigenvalue weighted by Crippen LogP contribution is -2.10. The first kappa shape index (κ1) is 19.0. The van der Waals surface area contributed by atoms with Crippen LogP contribution in [0.5, 0.6) is 0 Å². The van der Waals surface area contributed by atoms with E-state index in [0.29, 0.717) is 33.7 Å². The molecule has 150 valence electrons. The van der Waals surface area contributed by atoms with Gasteiger partial charge in [-0.15, -0.1) is 0 Å². The molecule has 0 spiro atoms. The molecule has 29 heavy (non-hydrogen) atoms. The van der Waals surface area contributed by atoms with Crippen LogP contribution < -0.4 is 5.32 Å². The largest absolute Gasteiger partial charge is 0.465 e. The Kier molecular flexibility index (Phi) is 4.96. The summed E-state index contributed by atoms with van der Waals surface area (Å²) >= 11 is 0. The Balaban J connectivity index is 1.83. The van der Waals surface area contributed by atoms with Crippen LogP contribution in [0.4, 0.5) is 5.69 Å². The third kappa shape index (κ3) is 3.33. The van der Waals surface area contributed by atoms with Crippen LogP contribution in [-0.2, 0) is 27.1 Å². The van der Waals surface area contributed by atoms with E-state index in [4.69, 9.17) is 13.9 Å². The highest BCUT2D eigenvalue weighted by Crippen LogP contribution is 2.37. The maximum absolute atomic E-state index is 12.6. The summed E-state index contributed by atoms with van der Waals surface area (Å²) in [6.07, 6.45) is 5.02. The monoisotopic (exact) mass is 395 g/mol. The summed E-state index contributed by atoms with van der Waals surface area (Å²) in [5, 5.41) is 2.77. The van der Waals surface area contributed by atoms with Gasteiger partial charge in [0.25, 0.3) is 5.91 Å². The molecule has 2 heterocycles. The molecular formula is C22H21NO6. The smallest absolute Gasteiger partial charge is 0.342 e. The van der Waals surface area contributed by atoms with Gasteiger partial charge in [0.1, 0.15) is 17.1 Å². The van der Waals surface area contributed by atoms with Gasteiger partial charge in [0.2, 0.25) is 0 Å². The van der Waals surface area contributed by atoms with Crippen molar-refractivity contribution in [1.82, 2.24) is 0 Å². The Labute approximate surface area is 167 Å². The topological polar surface area (TPSA) is 94.8 Å². The van der Waals surface area contributed by atoms with Gasteiger partial charge in [-0.05, 0) is 50.5 Å². The van der Waals surface area contributed by atoms with E-state index in [1.165, 1.54) is 7.11 Å². The molecule has 0 unspecified atom stereocenters. The maximum Gasteiger partial charge on any atom is 0.342 e. The molecular weight excluding hydrogens is 374 g/mol. The zero-order valence-corrected chi connectivity index (χ0v) is 16.3. The number of aryl methyl sites for hydroxylation is 1. The van der Waals surface area contributed by atoms with Crippen LogP contribution >= 0.6 is 0 Å². The van der Waals surface area contributed by atoms with Crippen molar-refractivity contribution in [3.63, 3.8) is 0 Å². The van der Waals surface area contributed by atoms with Gasteiger partial charge in [-0.25, -0.2) is 9.59 Å². The average Bonchev–Trinajstić information content (AvgIpc) is 3.24. The molecule has 1 amide bonds. The number of carbonyl (C=O) groups is 3. The average molecular weight is 395 g/mol. The lowest BCUT2D eigenvalue weighted by molar-refractivity contribution is -0.110. The van der Waals surface area contributed by atoms with Crippen LogP contribution in [0.25, 0.3) is 11.6 Å². The van der Waals surface area contributed by atoms with Crippen molar-refractivity contribution in [3.8, 4) is 0 Å². The Morgan fingerprint density at radius 3 is 2.76 bits per heavy atom. The van der Waals surface area contributed by atoms with Crippen LogP contribution in [0.2, 0.25) is 0 Å². The minimum absolute atomic E-state index is 0.251. The Hall–Kier alpha value is -3.35. The number of hydrogen-bond acceptors (Lipinski definition) is 6. The lowest BCUT2D eigenvalue weighted by atomic mass is 9.94. The number of fused-ring (bicyclic) bond motifs is 2. The van der Waals surface area contributed by atoms with Crippen molar-refractivity contribution in [2.75, 3.05) is 19.0 Å². The first-order chi connectivity index (χ1) is 14.0. The molecule has 2 aromatic rings. The summed E-state index contributed by atoms with van der Waals surface area (Å²) < 4.78 is 16.0. The van der Waals surface area contributed by atoms with E-state index in [1.807, 2.05) is 0 Å². The highest BCUT2D eigenvalue weighted by Gasteiger charge is 2.30. The molecule has 7 heteroatoms. The molecule has 1 aliphatic heterocycles. The van der Waals surface area contributed by atoms with E-state index in [1.54, 1.807) is 31.2 Å². The number of nitrogens with one attached hydrogen (secondary N) is 1. The number of carbonyl (C=O) groups excluding carboxylic acids is 3. The third-order valence-electron chi connectivity index (χ3n) is 5.18. The van der Waals surface area contributed by atoms with Crippen LogP contribution in [0.3, 0.4) is 0 Å². The molecule has 4 rings (SSSR count). The van der Waals surface area contributed by atoms with Crippen LogP contribution in [0, 0.1) is 0 Å². The normalized spacial score (nSPS) is 16.2. The molecule has 0 radical (unpaired) electrons. The molecule has 1 aliphatic carbocycles. The molecule has 2 aliphatic rings. The van der Waals surface area contributed by atoms with E-state index >= 15 is 0 Å². The summed E-state index contributed by atoms with van der Waals surface area (Å²) in [6.45, 7) is 2.00. The van der Waals surface area contributed by atoms with Crippen molar-refractivity contribution in [3.05, 3.63) is 52.0 Å². The van der Waals surface area contributed by atoms with Gasteiger partial charge in [-0.1, -0.05) is 0 Å². The Bertz CT molecular complexity index is 1050. The summed E-state index contributed by atoms with van der Waals surface area (Å²) in [5.74, 6) is -0.184. The summed E-state index contributed by atoms with van der Waals surface area (Å²) in [7, 11) is 1.30. The molecule has 0 atom stereocenters. The quantitative estimate of drug-likeness (QED) is 0.628. The minimum Gasteiger partial charge on any atom is -0.465 e. The van der Waals surface area contributed by atoms with Gasteiger partial charge in [-0.2, -0.15) is 0 Å². The van der Waals surface area contributed by atoms with Crippen molar-refractivity contribution < 1.29 is 28.3 Å². The van der Waals surface area contributed by atoms with Gasteiger partial charge in [0.15, 0.2) is 0 Å². The van der Waals surface area contributed by atoms with Crippen molar-refractivity contribution in [1.29, 1.82) is 0 Å². The second-order valence-corrected chi connectivity index (χ2v) is 6.93. The van der Waals surface area contributed by atoms with E-state index in [-0.39, 0.29) is 12.5 Å². The number of methoxy groups -OCH3 is 1. The van der Waals surface area contributed by atoms with E-state index in [2.05, 4.69) is 5.32 Å². The van der Waals surface area contributed by atoms with Crippen LogP contribution in [0.1, 0.15) is 63.1 Å². The summed E-state index contributed by atoms with van der Waals surface area (Å²) in [4.78, 5) is 37.1. The maximum atomic E-state index is 12.6. The first-order valence-electron chi connectivity index (χ1n) is 9.61. The Morgan fingerprint density at radius 2 is 2.00 bits per heavy atom. The number of ether oxygens (including phenoxy) is 2. The van der Waals surface area contributed by atoms with Gasteiger partial charge in [0, 0.05) is 23.2 Å². The van der Waals surface area contributed by atoms with Gasteiger partial charge >= 0.3 is 11.9 Å². The zero-order chi connectivity index (χ0) is 20.5. The fourth-order valence-corrected chi connectivity index (χ4v) is 3.82. The van der Waals surface area contributed by atoms with Gasteiger partial charge in [0.05, 0.1) is 24.9 Å². The predicted octanol–water partition coefficient (Wildman–Crippen LogP) is 3.61. The fraction of sp³-hybridized carbons (Fsp3) is 0.318. The molecule has 1 N–H and O–H groups in total. The SMILES string of the molecule is CCOC(=O)c1c(C=C2C(=O)Nc3ccc(C(=O)OC)cc32)oc2c1CCCC2. The third-order valence-corrected chi connectivity index (χ3v) is 5.18. The number of amides is 1. The zero-order valence-electron chi connectivity index (χ0n) is 16.3. The second-order valence-electron chi connectivity index (χ2n) is 6.93. The molecule has 1 aromatic carbocycles. The number of hydrogen-bond donors (Lipinski definition) is 1. The summed E-state index contributed by atoms with van der Waals surface area (Å²) in [5.41, 5.74) is 3.05. The van der Waals surface area contributed by atoms with Gasteiger partial charge in [-0.3, -0.25) is 4.79 Å². The number of anilines is 1. The van der Waals surface area contributed by atoms with Gasteiger partial charge < -0.3 is 19.2 Å². The van der Waals surface area contributed by atoms with E-state index in [0.717, 1.165) is 37.0 Å². The molecule has 0 fully saturated rings. The standard InChI is InChI=1S/C22H21NO6/c1-3-28-22(26)19-13-6-4-5-7-17(13)29-18(19)11-15-14-10-12(21(25)27-2)8-9-16(14)23-20(15)24/h8-11H,3-7H2,1-2H3,(H,23,24). The van der Waals surface area contributed by atoms with Crippen molar-refractivity contribution in [2.45, 2.75) is 32.6 Å².